The number of carbonyl (C=O) groups excluding carboxylic acids is 2. The first-order valence-corrected chi connectivity index (χ1v) is 15.3. The van der Waals surface area contributed by atoms with E-state index in [-0.39, 0.29) is 5.41 Å². The van der Waals surface area contributed by atoms with Crippen LogP contribution in [0.15, 0.2) is 42.5 Å². The van der Waals surface area contributed by atoms with Crippen LogP contribution in [0.1, 0.15) is 111 Å². The molecule has 0 aliphatic heterocycles. The molecule has 3 aliphatic carbocycles. The lowest BCUT2D eigenvalue weighted by molar-refractivity contribution is -0.388. The summed E-state index contributed by atoms with van der Waals surface area (Å²) in [6, 6.07) is 6.05. The molecule has 42 heavy (non-hydrogen) atoms. The maximum absolute atomic E-state index is 13.1. The minimum Gasteiger partial charge on any atom is -0.442 e. The Morgan fingerprint density at radius 2 is 1.69 bits per heavy atom. The molecule has 2 fully saturated rings. The van der Waals surface area contributed by atoms with Gasteiger partial charge in [-0.05, 0) is 128 Å². The van der Waals surface area contributed by atoms with Gasteiger partial charge in [-0.3, -0.25) is 0 Å². The van der Waals surface area contributed by atoms with E-state index in [9.17, 15) is 9.59 Å². The van der Waals surface area contributed by atoms with Gasteiger partial charge in [-0.2, -0.15) is 0 Å². The minimum absolute atomic E-state index is 0.319. The Hall–Kier alpha value is -2.88. The number of rotatable bonds is 8. The van der Waals surface area contributed by atoms with Crippen molar-refractivity contribution in [2.24, 2.45) is 17.3 Å². The predicted octanol–water partition coefficient (Wildman–Crippen LogP) is 7.80. The van der Waals surface area contributed by atoms with Crippen LogP contribution in [-0.2, 0) is 30.5 Å². The average Bonchev–Trinajstić information content (AvgIpc) is 3.22. The van der Waals surface area contributed by atoms with Crippen molar-refractivity contribution in [3.05, 3.63) is 53.6 Å². The Kier molecular flexibility index (Phi) is 8.89. The number of fused-ring (bicyclic) bond motifs is 5. The molecule has 1 aromatic carbocycles. The fourth-order valence-electron chi connectivity index (χ4n) is 7.01. The molecule has 0 amide bonds. The van der Waals surface area contributed by atoms with Gasteiger partial charge in [0, 0.05) is 16.6 Å². The summed E-state index contributed by atoms with van der Waals surface area (Å²) in [5.41, 5.74) is 0.754. The third kappa shape index (κ3) is 6.24. The topological polar surface area (TPSA) is 71.1 Å². The number of hydrogen-bond donors (Lipinski definition) is 0. The van der Waals surface area contributed by atoms with E-state index < -0.39 is 28.7 Å². The minimum atomic E-state index is -0.944. The number of benzene rings is 1. The molecular formula is C36H48O6. The zero-order chi connectivity index (χ0) is 31.1. The van der Waals surface area contributed by atoms with Crippen LogP contribution in [0.25, 0.3) is 0 Å². The highest BCUT2D eigenvalue weighted by Crippen LogP contribution is 2.65. The second-order valence-corrected chi connectivity index (χ2v) is 14.0. The zero-order valence-corrected chi connectivity index (χ0v) is 26.8. The molecule has 4 rings (SSSR count). The summed E-state index contributed by atoms with van der Waals surface area (Å²) >= 11 is 0. The van der Waals surface area contributed by atoms with Gasteiger partial charge in [0.25, 0.3) is 0 Å². The van der Waals surface area contributed by atoms with Crippen LogP contribution >= 0.6 is 0 Å². The molecule has 0 saturated heterocycles. The van der Waals surface area contributed by atoms with Gasteiger partial charge in [-0.15, -0.1) is 0 Å². The van der Waals surface area contributed by atoms with E-state index in [0.29, 0.717) is 41.1 Å². The van der Waals surface area contributed by atoms with Gasteiger partial charge in [0.05, 0.1) is 5.60 Å². The van der Waals surface area contributed by atoms with Crippen molar-refractivity contribution >= 4 is 11.9 Å². The molecule has 0 radical (unpaired) electrons. The number of esters is 2. The second-order valence-electron chi connectivity index (χ2n) is 14.0. The third-order valence-electron chi connectivity index (χ3n) is 9.88. The highest BCUT2D eigenvalue weighted by molar-refractivity contribution is 5.89. The summed E-state index contributed by atoms with van der Waals surface area (Å²) in [6.45, 7) is 22.9. The van der Waals surface area contributed by atoms with Gasteiger partial charge in [0.1, 0.15) is 5.75 Å². The Labute approximate surface area is 252 Å². The highest BCUT2D eigenvalue weighted by atomic mass is 17.2. The fourth-order valence-corrected chi connectivity index (χ4v) is 7.01. The standard InChI is InChI=1S/C36H48O6/c1-11-33(6,7)41-42-34(8,9)20-21-36(40-32(38)24(4)5)19-17-30-29-14-12-25-22-26(39-31(37)23(2)3)13-15-27(25)28(29)16-18-35(30,36)10/h13,15,22,28-30H,2,4,11-12,14,16-19H2,1,3,5-10H3/t28-,29+,30+,35-,36+/m0/s1. The second kappa shape index (κ2) is 11.7. The molecule has 0 N–H and O–H groups in total. The maximum Gasteiger partial charge on any atom is 0.338 e. The Bertz CT molecular complexity index is 1330. The van der Waals surface area contributed by atoms with E-state index >= 15 is 0 Å². The molecule has 0 spiro atoms. The first-order valence-electron chi connectivity index (χ1n) is 15.3. The van der Waals surface area contributed by atoms with Gasteiger partial charge in [-0.1, -0.05) is 44.9 Å². The van der Waals surface area contributed by atoms with Crippen LogP contribution in [0.3, 0.4) is 0 Å². The molecule has 0 aromatic heterocycles. The van der Waals surface area contributed by atoms with E-state index in [1.165, 1.54) is 11.1 Å². The predicted molar refractivity (Wildman–Crippen MR) is 164 cm³/mol. The lowest BCUT2D eigenvalue weighted by atomic mass is 9.53. The molecule has 0 bridgehead atoms. The maximum atomic E-state index is 13.1. The molecule has 0 heterocycles. The van der Waals surface area contributed by atoms with Crippen LogP contribution < -0.4 is 4.74 Å². The lowest BCUT2D eigenvalue weighted by Gasteiger charge is -2.52. The van der Waals surface area contributed by atoms with E-state index in [1.807, 2.05) is 46.8 Å². The van der Waals surface area contributed by atoms with Crippen molar-refractivity contribution < 1.29 is 28.8 Å². The third-order valence-corrected chi connectivity index (χ3v) is 9.88. The van der Waals surface area contributed by atoms with Crippen LogP contribution in [0, 0.1) is 29.1 Å². The smallest absolute Gasteiger partial charge is 0.338 e. The van der Waals surface area contributed by atoms with Crippen LogP contribution in [0.4, 0.5) is 0 Å². The first kappa shape index (κ1) is 32.0. The number of hydrogen-bond acceptors (Lipinski definition) is 6. The van der Waals surface area contributed by atoms with E-state index in [0.717, 1.165) is 38.5 Å². The van der Waals surface area contributed by atoms with E-state index in [2.05, 4.69) is 38.0 Å². The zero-order valence-electron chi connectivity index (χ0n) is 26.8. The Balaban J connectivity index is 1.63. The average molecular weight is 577 g/mol. The van der Waals surface area contributed by atoms with Gasteiger partial charge in [0.15, 0.2) is 11.2 Å². The number of aryl methyl sites for hydroxylation is 1. The molecule has 3 aliphatic rings. The van der Waals surface area contributed by atoms with Crippen LogP contribution in [0.5, 0.6) is 5.75 Å². The Morgan fingerprint density at radius 3 is 2.33 bits per heavy atom. The van der Waals surface area contributed by atoms with Crippen LogP contribution in [-0.4, -0.2) is 28.7 Å². The van der Waals surface area contributed by atoms with Crippen molar-refractivity contribution in [1.29, 1.82) is 0 Å². The quantitative estimate of drug-likeness (QED) is 0.0785. The van der Waals surface area contributed by atoms with Gasteiger partial charge in [-0.25, -0.2) is 19.4 Å². The lowest BCUT2D eigenvalue weighted by Crippen LogP contribution is -2.52. The largest absolute Gasteiger partial charge is 0.442 e. The van der Waals surface area contributed by atoms with Gasteiger partial charge < -0.3 is 9.47 Å². The molecule has 1 aromatic rings. The van der Waals surface area contributed by atoms with E-state index in [1.54, 1.807) is 13.8 Å². The number of carbonyl (C=O) groups is 2. The SMILES string of the molecule is C=C(C)C(=O)Oc1ccc2c(c1)CC[C@H]1[C@H]3CC[C@](C#CC(C)(C)OOC(C)(C)CC)(OC(=O)C(=C)C)[C@@]3(C)CC[C@@H]21. The Morgan fingerprint density at radius 1 is 1.00 bits per heavy atom. The van der Waals surface area contributed by atoms with E-state index in [4.69, 9.17) is 19.2 Å². The summed E-state index contributed by atoms with van der Waals surface area (Å²) in [6.07, 6.45) is 6.19. The normalized spacial score (nSPS) is 28.3. The van der Waals surface area contributed by atoms with Crippen molar-refractivity contribution in [3.8, 4) is 17.6 Å². The highest BCUT2D eigenvalue weighted by Gasteiger charge is 2.64. The molecule has 2 saturated carbocycles. The molecular weight excluding hydrogens is 528 g/mol. The monoisotopic (exact) mass is 576 g/mol. The first-order chi connectivity index (χ1) is 19.5. The summed E-state index contributed by atoms with van der Waals surface area (Å²) in [4.78, 5) is 36.7. The number of ether oxygens (including phenoxy) is 2. The van der Waals surface area contributed by atoms with Gasteiger partial charge >= 0.3 is 11.9 Å². The summed E-state index contributed by atoms with van der Waals surface area (Å²) in [5.74, 6) is 7.74. The summed E-state index contributed by atoms with van der Waals surface area (Å²) < 4.78 is 11.9. The summed E-state index contributed by atoms with van der Waals surface area (Å²) in [7, 11) is 0. The summed E-state index contributed by atoms with van der Waals surface area (Å²) in [5, 5.41) is 0. The van der Waals surface area contributed by atoms with Crippen molar-refractivity contribution in [2.75, 3.05) is 0 Å². The van der Waals surface area contributed by atoms with Crippen molar-refractivity contribution in [3.63, 3.8) is 0 Å². The molecule has 6 nitrogen and oxygen atoms in total. The van der Waals surface area contributed by atoms with Crippen LogP contribution in [0.2, 0.25) is 0 Å². The van der Waals surface area contributed by atoms with Crippen molar-refractivity contribution in [2.45, 2.75) is 123 Å². The fraction of sp³-hybridized carbons (Fsp3) is 0.611. The van der Waals surface area contributed by atoms with Gasteiger partial charge in [0.2, 0.25) is 0 Å². The molecule has 228 valence electrons. The van der Waals surface area contributed by atoms with Crippen molar-refractivity contribution in [1.82, 2.24) is 0 Å². The molecule has 6 heteroatoms. The molecule has 0 unspecified atom stereocenters. The molecule has 5 atom stereocenters.